The van der Waals surface area contributed by atoms with Crippen LogP contribution in [0, 0.1) is 41.2 Å². The van der Waals surface area contributed by atoms with Crippen LogP contribution >= 0.6 is 0 Å². The largest absolute Gasteiger partial charge is 0.409 e. The van der Waals surface area contributed by atoms with E-state index in [-0.39, 0.29) is 12.0 Å². The number of rotatable bonds is 6. The van der Waals surface area contributed by atoms with E-state index in [1.807, 2.05) is 0 Å². The molecule has 1 aromatic carbocycles. The second kappa shape index (κ2) is 11.8. The van der Waals surface area contributed by atoms with Crippen LogP contribution in [0.15, 0.2) is 18.2 Å². The minimum Gasteiger partial charge on any atom is -0.206 e. The van der Waals surface area contributed by atoms with Gasteiger partial charge in [-0.3, -0.25) is 0 Å². The van der Waals surface area contributed by atoms with E-state index in [4.69, 9.17) is 0 Å². The highest BCUT2D eigenvalue weighted by Gasteiger charge is 2.32. The number of benzene rings is 1. The number of alkyl halides is 3. The maximum atomic E-state index is 14.4. The number of allylic oxidation sites excluding steroid dienone is 1. The van der Waals surface area contributed by atoms with E-state index >= 15 is 0 Å². The van der Waals surface area contributed by atoms with Crippen molar-refractivity contribution >= 4 is 6.08 Å². The lowest BCUT2D eigenvalue weighted by atomic mass is 9.67. The molecule has 4 rings (SSSR count). The van der Waals surface area contributed by atoms with E-state index < -0.39 is 23.4 Å². The quantitative estimate of drug-likeness (QED) is 0.344. The molecule has 5 heteroatoms. The van der Waals surface area contributed by atoms with Gasteiger partial charge in [0.2, 0.25) is 0 Å². The van der Waals surface area contributed by atoms with E-state index in [2.05, 4.69) is 6.92 Å². The Hall–Kier alpha value is -1.39. The predicted molar refractivity (Wildman–Crippen MR) is 132 cm³/mol. The van der Waals surface area contributed by atoms with Gasteiger partial charge in [0, 0.05) is 11.6 Å². The maximum absolute atomic E-state index is 14.4. The van der Waals surface area contributed by atoms with Crippen LogP contribution in [0.5, 0.6) is 0 Å². The molecule has 3 fully saturated rings. The van der Waals surface area contributed by atoms with E-state index in [9.17, 15) is 22.0 Å². The lowest BCUT2D eigenvalue weighted by Crippen LogP contribution is -2.25. The van der Waals surface area contributed by atoms with Gasteiger partial charge in [0.15, 0.2) is 0 Å². The summed E-state index contributed by atoms with van der Waals surface area (Å²) in [5.41, 5.74) is -0.0296. The zero-order valence-corrected chi connectivity index (χ0v) is 21.1. The lowest BCUT2D eigenvalue weighted by Gasteiger charge is -2.38. The first-order valence-electron chi connectivity index (χ1n) is 13.9. The fraction of sp³-hybridized carbons (Fsp3) is 0.733. The molecule has 0 amide bonds. The zero-order valence-electron chi connectivity index (χ0n) is 21.1. The topological polar surface area (TPSA) is 0 Å². The van der Waals surface area contributed by atoms with Crippen molar-refractivity contribution in [3.05, 3.63) is 41.0 Å². The van der Waals surface area contributed by atoms with Gasteiger partial charge in [0.1, 0.15) is 11.6 Å². The smallest absolute Gasteiger partial charge is 0.206 e. The molecule has 0 radical (unpaired) electrons. The first-order chi connectivity index (χ1) is 16.7. The molecule has 0 spiro atoms. The van der Waals surface area contributed by atoms with Crippen molar-refractivity contribution < 1.29 is 22.0 Å². The van der Waals surface area contributed by atoms with Crippen LogP contribution in [0.2, 0.25) is 0 Å². The molecule has 0 aliphatic heterocycles. The van der Waals surface area contributed by atoms with Crippen molar-refractivity contribution in [3.63, 3.8) is 0 Å². The van der Waals surface area contributed by atoms with Crippen LogP contribution in [0.25, 0.3) is 6.08 Å². The third-order valence-corrected chi connectivity index (χ3v) is 9.46. The SMILES string of the molecule is CC1CCC(CCC2CCC(C3CCC(c4cc(F)c(/C=C/C(F)(F)F)c(F)c4)CC3)CC2)CC1. The van der Waals surface area contributed by atoms with Crippen LogP contribution in [-0.2, 0) is 0 Å². The molecule has 0 bridgehead atoms. The van der Waals surface area contributed by atoms with Gasteiger partial charge in [-0.2, -0.15) is 13.2 Å². The number of hydrogen-bond acceptors (Lipinski definition) is 0. The molecular formula is C30H41F5. The summed E-state index contributed by atoms with van der Waals surface area (Å²) in [6, 6.07) is 2.48. The number of hydrogen-bond donors (Lipinski definition) is 0. The second-order valence-corrected chi connectivity index (χ2v) is 11.9. The van der Waals surface area contributed by atoms with Gasteiger partial charge in [-0.25, -0.2) is 8.78 Å². The minimum atomic E-state index is -4.59. The first-order valence-corrected chi connectivity index (χ1v) is 13.9. The van der Waals surface area contributed by atoms with E-state index in [1.54, 1.807) is 0 Å². The van der Waals surface area contributed by atoms with Crippen LogP contribution in [-0.4, -0.2) is 6.18 Å². The Bertz CT molecular complexity index is 810. The van der Waals surface area contributed by atoms with Crippen LogP contribution in [0.4, 0.5) is 22.0 Å². The van der Waals surface area contributed by atoms with Gasteiger partial charge in [-0.05, 0) is 97.8 Å². The summed E-state index contributed by atoms with van der Waals surface area (Å²) in [4.78, 5) is 0. The Balaban J connectivity index is 1.22. The van der Waals surface area contributed by atoms with E-state index in [0.29, 0.717) is 17.6 Å². The molecule has 0 N–H and O–H groups in total. The molecule has 3 aliphatic rings. The third kappa shape index (κ3) is 7.55. The predicted octanol–water partition coefficient (Wildman–Crippen LogP) is 10.2. The summed E-state index contributed by atoms with van der Waals surface area (Å²) >= 11 is 0. The summed E-state index contributed by atoms with van der Waals surface area (Å²) in [5, 5.41) is 0. The van der Waals surface area contributed by atoms with E-state index in [1.165, 1.54) is 76.3 Å². The molecule has 0 saturated heterocycles. The average molecular weight is 497 g/mol. The molecule has 3 aliphatic carbocycles. The summed E-state index contributed by atoms with van der Waals surface area (Å²) in [6.07, 6.45) is 13.6. The zero-order chi connectivity index (χ0) is 25.0. The fourth-order valence-corrected chi connectivity index (χ4v) is 7.14. The third-order valence-electron chi connectivity index (χ3n) is 9.46. The highest BCUT2D eigenvalue weighted by atomic mass is 19.4. The molecule has 3 saturated carbocycles. The molecule has 0 atom stereocenters. The molecule has 0 nitrogen and oxygen atoms in total. The molecule has 1 aromatic rings. The lowest BCUT2D eigenvalue weighted by molar-refractivity contribution is -0.0790. The van der Waals surface area contributed by atoms with Gasteiger partial charge in [0.25, 0.3) is 0 Å². The van der Waals surface area contributed by atoms with Crippen molar-refractivity contribution in [1.82, 2.24) is 0 Å². The molecule has 0 aromatic heterocycles. The van der Waals surface area contributed by atoms with Crippen LogP contribution < -0.4 is 0 Å². The van der Waals surface area contributed by atoms with Gasteiger partial charge < -0.3 is 0 Å². The Labute approximate surface area is 207 Å². The van der Waals surface area contributed by atoms with Gasteiger partial charge in [-0.15, -0.1) is 0 Å². The minimum absolute atomic E-state index is 0.0884. The first kappa shape index (κ1) is 26.7. The Kier molecular flexibility index (Phi) is 8.97. The molecule has 0 heterocycles. The van der Waals surface area contributed by atoms with E-state index in [0.717, 1.165) is 49.4 Å². The molecular weight excluding hydrogens is 455 g/mol. The summed E-state index contributed by atoms with van der Waals surface area (Å²) in [7, 11) is 0. The van der Waals surface area contributed by atoms with Gasteiger partial charge in [-0.1, -0.05) is 58.3 Å². The van der Waals surface area contributed by atoms with Crippen molar-refractivity contribution in [1.29, 1.82) is 0 Å². The normalized spacial score (nSPS) is 32.7. The summed E-state index contributed by atoms with van der Waals surface area (Å²) in [5.74, 6) is 2.54. The van der Waals surface area contributed by atoms with Crippen molar-refractivity contribution in [2.45, 2.75) is 109 Å². The summed E-state index contributed by atoms with van der Waals surface area (Å²) < 4.78 is 65.9. The van der Waals surface area contributed by atoms with Crippen molar-refractivity contribution in [2.24, 2.45) is 29.6 Å². The summed E-state index contributed by atoms with van der Waals surface area (Å²) in [6.45, 7) is 2.39. The van der Waals surface area contributed by atoms with Crippen LogP contribution in [0.1, 0.15) is 114 Å². The van der Waals surface area contributed by atoms with Crippen LogP contribution in [0.3, 0.4) is 0 Å². The standard InChI is InChI=1S/C30H41F5/c1-20-2-4-21(5-3-20)6-7-22-8-10-23(11-9-22)24-12-14-25(15-13-24)26-18-28(31)27(29(32)19-26)16-17-30(33,34)35/h16-25H,2-15H2,1H3/b17-16+. The Morgan fingerprint density at radius 3 is 1.66 bits per heavy atom. The molecule has 35 heavy (non-hydrogen) atoms. The Morgan fingerprint density at radius 1 is 0.714 bits per heavy atom. The molecule has 0 unspecified atom stereocenters. The van der Waals surface area contributed by atoms with Crippen molar-refractivity contribution in [2.75, 3.05) is 0 Å². The van der Waals surface area contributed by atoms with Crippen molar-refractivity contribution in [3.8, 4) is 0 Å². The highest BCUT2D eigenvalue weighted by molar-refractivity contribution is 5.52. The monoisotopic (exact) mass is 496 g/mol. The van der Waals surface area contributed by atoms with Gasteiger partial charge >= 0.3 is 6.18 Å². The molecule has 196 valence electrons. The highest BCUT2D eigenvalue weighted by Crippen LogP contribution is 2.45. The maximum Gasteiger partial charge on any atom is 0.409 e. The second-order valence-electron chi connectivity index (χ2n) is 11.9. The fourth-order valence-electron chi connectivity index (χ4n) is 7.14. The Morgan fingerprint density at radius 2 is 1.17 bits per heavy atom. The average Bonchev–Trinajstić information content (AvgIpc) is 2.83. The number of halogens is 5. The van der Waals surface area contributed by atoms with Gasteiger partial charge in [0.05, 0.1) is 0 Å².